The van der Waals surface area contributed by atoms with Crippen molar-refractivity contribution in [2.75, 3.05) is 21.1 Å². The standard InChI is InChI=1S/C27H41N3O4/c1-17(2)21(14-18(3)24(32)33)30(9)23(31)22(26(4,5)6)28-25(34)27(29(7)8)15-19-12-10-11-13-20(19)16-27/h10-14,17,21-22H,15-16H2,1-9H3,(H,28,34)(H,32,33)/t21-,22-/m1/s1. The SMILES string of the molecule is CC(=C[C@H](C(C)C)N(C)C(=O)[C@@H](NC(=O)C1(N(C)C)Cc2ccccc2C1)C(C)(C)C)C(=O)O. The number of carboxylic acids is 1. The van der Waals surface area contributed by atoms with Gasteiger partial charge in [0.2, 0.25) is 11.8 Å². The first kappa shape index (κ1) is 27.6. The average Bonchev–Trinajstić information content (AvgIpc) is 3.14. The van der Waals surface area contributed by atoms with Gasteiger partial charge in [-0.2, -0.15) is 0 Å². The third kappa shape index (κ3) is 5.69. The Morgan fingerprint density at radius 3 is 1.94 bits per heavy atom. The van der Waals surface area contributed by atoms with Crippen molar-refractivity contribution in [3.05, 3.63) is 47.0 Å². The van der Waals surface area contributed by atoms with Crippen LogP contribution in [0.1, 0.15) is 52.7 Å². The lowest BCUT2D eigenvalue weighted by Gasteiger charge is -2.41. The van der Waals surface area contributed by atoms with E-state index in [4.69, 9.17) is 0 Å². The zero-order valence-electron chi connectivity index (χ0n) is 22.1. The molecule has 1 aromatic rings. The molecule has 2 amide bonds. The average molecular weight is 472 g/mol. The van der Waals surface area contributed by atoms with Crippen LogP contribution in [-0.2, 0) is 27.2 Å². The molecule has 7 nitrogen and oxygen atoms in total. The molecule has 1 aromatic carbocycles. The van der Waals surface area contributed by atoms with Crippen molar-refractivity contribution in [1.29, 1.82) is 0 Å². The summed E-state index contributed by atoms with van der Waals surface area (Å²) >= 11 is 0. The number of rotatable bonds is 8. The van der Waals surface area contributed by atoms with Crippen molar-refractivity contribution in [2.24, 2.45) is 11.3 Å². The second-order valence-corrected chi connectivity index (χ2v) is 11.2. The number of aliphatic carboxylic acids is 1. The molecule has 1 aliphatic carbocycles. The van der Waals surface area contributed by atoms with Crippen LogP contribution in [0.5, 0.6) is 0 Å². The van der Waals surface area contributed by atoms with E-state index in [-0.39, 0.29) is 23.3 Å². The molecule has 0 fully saturated rings. The van der Waals surface area contributed by atoms with Crippen LogP contribution in [0, 0.1) is 11.3 Å². The lowest BCUT2D eigenvalue weighted by Crippen LogP contribution is -2.63. The third-order valence-electron chi connectivity index (χ3n) is 6.99. The molecule has 0 spiro atoms. The topological polar surface area (TPSA) is 90.0 Å². The molecular formula is C27H41N3O4. The summed E-state index contributed by atoms with van der Waals surface area (Å²) in [5.74, 6) is -1.43. The minimum atomic E-state index is -1.01. The van der Waals surface area contributed by atoms with Crippen LogP contribution >= 0.6 is 0 Å². The van der Waals surface area contributed by atoms with Crippen LogP contribution in [0.15, 0.2) is 35.9 Å². The summed E-state index contributed by atoms with van der Waals surface area (Å²) in [5, 5.41) is 12.4. The Kier molecular flexibility index (Phi) is 8.35. The number of benzene rings is 1. The van der Waals surface area contributed by atoms with E-state index < -0.39 is 29.0 Å². The molecule has 1 aliphatic rings. The Hall–Kier alpha value is -2.67. The van der Waals surface area contributed by atoms with E-state index in [2.05, 4.69) is 17.4 Å². The summed E-state index contributed by atoms with van der Waals surface area (Å²) in [6.45, 7) is 11.2. The second kappa shape index (κ2) is 10.3. The van der Waals surface area contributed by atoms with Crippen molar-refractivity contribution in [1.82, 2.24) is 15.1 Å². The normalized spacial score (nSPS) is 17.3. The Bertz CT molecular complexity index is 934. The molecule has 0 bridgehead atoms. The molecule has 2 atom stereocenters. The maximum absolute atomic E-state index is 13.8. The molecule has 0 aliphatic heterocycles. The van der Waals surface area contributed by atoms with Gasteiger partial charge in [0, 0.05) is 25.5 Å². The van der Waals surface area contributed by atoms with Crippen molar-refractivity contribution in [3.63, 3.8) is 0 Å². The van der Waals surface area contributed by atoms with Crippen molar-refractivity contribution < 1.29 is 19.5 Å². The molecule has 0 unspecified atom stereocenters. The Balaban J connectivity index is 2.37. The predicted molar refractivity (Wildman–Crippen MR) is 134 cm³/mol. The van der Waals surface area contributed by atoms with Crippen molar-refractivity contribution >= 4 is 17.8 Å². The van der Waals surface area contributed by atoms with Gasteiger partial charge in [0.15, 0.2) is 0 Å². The molecule has 188 valence electrons. The van der Waals surface area contributed by atoms with Crippen LogP contribution in [0.2, 0.25) is 0 Å². The minimum absolute atomic E-state index is 0.00276. The van der Waals surface area contributed by atoms with Gasteiger partial charge in [-0.15, -0.1) is 0 Å². The fraction of sp³-hybridized carbons (Fsp3) is 0.593. The molecule has 0 heterocycles. The zero-order valence-corrected chi connectivity index (χ0v) is 22.1. The van der Waals surface area contributed by atoms with E-state index >= 15 is 0 Å². The molecule has 7 heteroatoms. The van der Waals surface area contributed by atoms with Gasteiger partial charge in [-0.25, -0.2) is 4.79 Å². The van der Waals surface area contributed by atoms with Crippen LogP contribution in [0.3, 0.4) is 0 Å². The summed E-state index contributed by atoms with van der Waals surface area (Å²) < 4.78 is 0. The minimum Gasteiger partial charge on any atom is -0.478 e. The summed E-state index contributed by atoms with van der Waals surface area (Å²) in [6.07, 6.45) is 2.78. The molecule has 34 heavy (non-hydrogen) atoms. The van der Waals surface area contributed by atoms with Gasteiger partial charge < -0.3 is 15.3 Å². The van der Waals surface area contributed by atoms with E-state index in [9.17, 15) is 19.5 Å². The second-order valence-electron chi connectivity index (χ2n) is 11.2. The molecule has 2 N–H and O–H groups in total. The molecule has 0 saturated heterocycles. The fourth-order valence-electron chi connectivity index (χ4n) is 4.62. The number of hydrogen-bond acceptors (Lipinski definition) is 4. The number of carboxylic acid groups (broad SMARTS) is 1. The highest BCUT2D eigenvalue weighted by Gasteiger charge is 2.48. The Labute approximate surface area is 204 Å². The molecule has 0 saturated carbocycles. The summed E-state index contributed by atoms with van der Waals surface area (Å²) in [6, 6.07) is 6.89. The van der Waals surface area contributed by atoms with Gasteiger partial charge >= 0.3 is 5.97 Å². The van der Waals surface area contributed by atoms with E-state index in [0.717, 1.165) is 11.1 Å². The fourth-order valence-corrected chi connectivity index (χ4v) is 4.62. The van der Waals surface area contributed by atoms with E-state index in [0.29, 0.717) is 12.8 Å². The third-order valence-corrected chi connectivity index (χ3v) is 6.99. The quantitative estimate of drug-likeness (QED) is 0.569. The highest BCUT2D eigenvalue weighted by molar-refractivity contribution is 5.94. The van der Waals surface area contributed by atoms with Gasteiger partial charge in [-0.1, -0.05) is 65.0 Å². The van der Waals surface area contributed by atoms with Crippen LogP contribution < -0.4 is 5.32 Å². The Morgan fingerprint density at radius 1 is 1.06 bits per heavy atom. The van der Waals surface area contributed by atoms with Crippen LogP contribution in [0.4, 0.5) is 0 Å². The highest BCUT2D eigenvalue weighted by atomic mass is 16.4. The summed E-state index contributed by atoms with van der Waals surface area (Å²) in [7, 11) is 5.48. The first-order valence-corrected chi connectivity index (χ1v) is 11.9. The lowest BCUT2D eigenvalue weighted by atomic mass is 9.83. The van der Waals surface area contributed by atoms with Gasteiger partial charge in [0.1, 0.15) is 11.6 Å². The van der Waals surface area contributed by atoms with Gasteiger partial charge in [-0.05, 0) is 43.5 Å². The maximum atomic E-state index is 13.8. The monoisotopic (exact) mass is 471 g/mol. The predicted octanol–water partition coefficient (Wildman–Crippen LogP) is 3.13. The van der Waals surface area contributed by atoms with E-state index in [1.807, 2.05) is 65.7 Å². The van der Waals surface area contributed by atoms with Gasteiger partial charge in [0.25, 0.3) is 0 Å². The highest BCUT2D eigenvalue weighted by Crippen LogP contribution is 2.34. The van der Waals surface area contributed by atoms with Gasteiger partial charge in [0.05, 0.1) is 6.04 Å². The van der Waals surface area contributed by atoms with Crippen LogP contribution in [-0.4, -0.2) is 71.5 Å². The molecular weight excluding hydrogens is 430 g/mol. The number of nitrogens with one attached hydrogen (secondary N) is 1. The number of amides is 2. The van der Waals surface area contributed by atoms with Gasteiger partial charge in [-0.3, -0.25) is 14.5 Å². The lowest BCUT2D eigenvalue weighted by molar-refractivity contribution is -0.143. The molecule has 0 aromatic heterocycles. The number of fused-ring (bicyclic) bond motifs is 1. The first-order chi connectivity index (χ1) is 15.6. The van der Waals surface area contributed by atoms with Crippen LogP contribution in [0.25, 0.3) is 0 Å². The Morgan fingerprint density at radius 2 is 1.56 bits per heavy atom. The molecule has 2 rings (SSSR count). The van der Waals surface area contributed by atoms with Crippen molar-refractivity contribution in [2.45, 2.75) is 72.0 Å². The van der Waals surface area contributed by atoms with Crippen molar-refractivity contribution in [3.8, 4) is 0 Å². The number of carbonyl (C=O) groups excluding carboxylic acids is 2. The smallest absolute Gasteiger partial charge is 0.331 e. The number of nitrogens with zero attached hydrogens (tertiary/aromatic N) is 2. The zero-order chi connectivity index (χ0) is 26.0. The number of likely N-dealkylation sites (N-methyl/N-ethyl adjacent to an activating group) is 2. The summed E-state index contributed by atoms with van der Waals surface area (Å²) in [4.78, 5) is 42.5. The molecule has 0 radical (unpaired) electrons. The first-order valence-electron chi connectivity index (χ1n) is 11.9. The number of hydrogen-bond donors (Lipinski definition) is 2. The van der Waals surface area contributed by atoms with E-state index in [1.165, 1.54) is 6.92 Å². The summed E-state index contributed by atoms with van der Waals surface area (Å²) in [5.41, 5.74) is 1.16. The number of carbonyl (C=O) groups is 3. The largest absolute Gasteiger partial charge is 0.478 e. The maximum Gasteiger partial charge on any atom is 0.331 e. The van der Waals surface area contributed by atoms with E-state index in [1.54, 1.807) is 18.0 Å².